The second-order valence-electron chi connectivity index (χ2n) is 6.69. The zero-order valence-corrected chi connectivity index (χ0v) is 15.6. The van der Waals surface area contributed by atoms with Crippen LogP contribution < -0.4 is 5.32 Å². The molecule has 25 heavy (non-hydrogen) atoms. The van der Waals surface area contributed by atoms with Crippen LogP contribution in [0.25, 0.3) is 0 Å². The fourth-order valence-corrected chi connectivity index (χ4v) is 5.71. The van der Waals surface area contributed by atoms with E-state index in [1.54, 1.807) is 6.07 Å². The summed E-state index contributed by atoms with van der Waals surface area (Å²) in [6.45, 7) is 4.03. The third-order valence-corrected chi connectivity index (χ3v) is 7.01. The molecule has 0 saturated heterocycles. The van der Waals surface area contributed by atoms with Gasteiger partial charge in [0, 0.05) is 5.54 Å². The smallest absolute Gasteiger partial charge is 0.180 e. The maximum absolute atomic E-state index is 13.1. The fourth-order valence-electron chi connectivity index (χ4n) is 3.59. The number of hydrogen-bond acceptors (Lipinski definition) is 3. The van der Waals surface area contributed by atoms with Crippen molar-refractivity contribution < 1.29 is 8.42 Å². The molecule has 0 fully saturated rings. The van der Waals surface area contributed by atoms with Crippen molar-refractivity contribution in [1.29, 1.82) is 0 Å². The monoisotopic (exact) mass is 355 g/mol. The molecule has 2 aromatic carbocycles. The van der Waals surface area contributed by atoms with Crippen molar-refractivity contribution in [3.8, 4) is 0 Å². The molecule has 0 radical (unpaired) electrons. The van der Waals surface area contributed by atoms with Crippen molar-refractivity contribution in [3.05, 3.63) is 77.9 Å². The average Bonchev–Trinajstić information content (AvgIpc) is 2.74. The van der Waals surface area contributed by atoms with E-state index >= 15 is 0 Å². The molecule has 0 unspecified atom stereocenters. The van der Waals surface area contributed by atoms with Crippen molar-refractivity contribution in [2.75, 3.05) is 5.75 Å². The van der Waals surface area contributed by atoms with Crippen LogP contribution >= 0.6 is 0 Å². The molecular weight excluding hydrogens is 330 g/mol. The largest absolute Gasteiger partial charge is 0.299 e. The highest BCUT2D eigenvalue weighted by Gasteiger charge is 2.41. The molecule has 0 aromatic heterocycles. The lowest BCUT2D eigenvalue weighted by molar-refractivity contribution is 0.326. The van der Waals surface area contributed by atoms with Gasteiger partial charge in [0.15, 0.2) is 9.84 Å². The highest BCUT2D eigenvalue weighted by molar-refractivity contribution is 7.91. The average molecular weight is 356 g/mol. The molecule has 1 aliphatic rings. The molecule has 0 amide bonds. The molecule has 0 spiro atoms. The quantitative estimate of drug-likeness (QED) is 0.833. The number of fused-ring (bicyclic) bond motifs is 1. The second-order valence-corrected chi connectivity index (χ2v) is 8.65. The summed E-state index contributed by atoms with van der Waals surface area (Å²) < 4.78 is 26.3. The Morgan fingerprint density at radius 2 is 1.80 bits per heavy atom. The van der Waals surface area contributed by atoms with Crippen LogP contribution in [0.15, 0.2) is 71.6 Å². The number of rotatable bonds is 4. The summed E-state index contributed by atoms with van der Waals surface area (Å²) in [5, 5.41) is 3.71. The molecule has 0 saturated carbocycles. The molecule has 2 atom stereocenters. The van der Waals surface area contributed by atoms with Gasteiger partial charge in [0.05, 0.1) is 16.7 Å². The van der Waals surface area contributed by atoms with E-state index in [-0.39, 0.29) is 11.8 Å². The Bertz CT molecular complexity index is 858. The molecule has 1 N–H and O–H groups in total. The van der Waals surface area contributed by atoms with Gasteiger partial charge in [0.1, 0.15) is 0 Å². The minimum Gasteiger partial charge on any atom is -0.299 e. The van der Waals surface area contributed by atoms with E-state index in [0.29, 0.717) is 11.3 Å². The number of benzene rings is 2. The molecule has 1 heterocycles. The van der Waals surface area contributed by atoms with Crippen LogP contribution in [0.2, 0.25) is 0 Å². The van der Waals surface area contributed by atoms with Gasteiger partial charge in [0.2, 0.25) is 0 Å². The molecule has 0 aliphatic carbocycles. The number of nitrogens with one attached hydrogen (secondary N) is 1. The third kappa shape index (κ3) is 3.55. The molecular formula is C21H25NO2S. The summed E-state index contributed by atoms with van der Waals surface area (Å²) >= 11 is 0. The molecule has 3 nitrogen and oxygen atoms in total. The summed E-state index contributed by atoms with van der Waals surface area (Å²) in [5.74, 6) is 0.112. The van der Waals surface area contributed by atoms with Gasteiger partial charge in [-0.15, -0.1) is 0 Å². The van der Waals surface area contributed by atoms with E-state index in [1.807, 2.05) is 49.4 Å². The van der Waals surface area contributed by atoms with Gasteiger partial charge < -0.3 is 0 Å². The molecule has 1 aliphatic heterocycles. The van der Waals surface area contributed by atoms with Gasteiger partial charge in [-0.2, -0.15) is 0 Å². The second kappa shape index (κ2) is 7.14. The van der Waals surface area contributed by atoms with E-state index in [4.69, 9.17) is 0 Å². The van der Waals surface area contributed by atoms with Gasteiger partial charge >= 0.3 is 0 Å². The summed E-state index contributed by atoms with van der Waals surface area (Å²) in [5.41, 5.74) is 1.44. The van der Waals surface area contributed by atoms with Crippen molar-refractivity contribution in [2.24, 2.45) is 0 Å². The molecule has 4 heteroatoms. The molecule has 132 valence electrons. The highest BCUT2D eigenvalue weighted by atomic mass is 32.2. The standard InChI is InChI=1S/C21H25NO2S/c1-3-5-15-21(4-2)16-25(23,24)19-14-10-9-13-18(19)20(22-21)17-11-7-6-8-12-17/h3,5-14,20,22H,4,15-16H2,1-2H3/t20-,21+/m0/s1. The topological polar surface area (TPSA) is 46.2 Å². The van der Waals surface area contributed by atoms with Crippen molar-refractivity contribution in [2.45, 2.75) is 43.2 Å². The van der Waals surface area contributed by atoms with Crippen molar-refractivity contribution in [1.82, 2.24) is 5.32 Å². The zero-order valence-electron chi connectivity index (χ0n) is 14.8. The lowest BCUT2D eigenvalue weighted by Gasteiger charge is -2.35. The Labute approximate surface area is 150 Å². The number of sulfone groups is 1. The van der Waals surface area contributed by atoms with Gasteiger partial charge in [-0.1, -0.05) is 67.6 Å². The Morgan fingerprint density at radius 3 is 2.48 bits per heavy atom. The third-order valence-electron chi connectivity index (χ3n) is 5.04. The van der Waals surface area contributed by atoms with Crippen molar-refractivity contribution in [3.63, 3.8) is 0 Å². The maximum atomic E-state index is 13.1. The zero-order chi connectivity index (χ0) is 17.9. The molecule has 0 bridgehead atoms. The normalized spacial score (nSPS) is 25.4. The van der Waals surface area contributed by atoms with Crippen LogP contribution in [0.4, 0.5) is 0 Å². The summed E-state index contributed by atoms with van der Waals surface area (Å²) in [7, 11) is -3.37. The first-order valence-corrected chi connectivity index (χ1v) is 10.4. The number of hydrogen-bond donors (Lipinski definition) is 1. The van der Waals surface area contributed by atoms with Crippen LogP contribution in [0.1, 0.15) is 43.9 Å². The van der Waals surface area contributed by atoms with E-state index in [0.717, 1.165) is 17.5 Å². The minimum atomic E-state index is -3.37. The van der Waals surface area contributed by atoms with Gasteiger partial charge in [-0.3, -0.25) is 5.32 Å². The van der Waals surface area contributed by atoms with Crippen LogP contribution in [0.5, 0.6) is 0 Å². The SMILES string of the molecule is CC=CC[C@]1(CC)CS(=O)(=O)c2ccccc2[C@H](c2ccccc2)N1. The molecule has 3 rings (SSSR count). The number of allylic oxidation sites excluding steroid dienone is 1. The summed E-state index contributed by atoms with van der Waals surface area (Å²) in [6, 6.07) is 17.3. The van der Waals surface area contributed by atoms with Crippen LogP contribution in [0.3, 0.4) is 0 Å². The van der Waals surface area contributed by atoms with E-state index < -0.39 is 15.4 Å². The van der Waals surface area contributed by atoms with Crippen LogP contribution in [-0.4, -0.2) is 19.7 Å². The first-order valence-electron chi connectivity index (χ1n) is 8.77. The summed E-state index contributed by atoms with van der Waals surface area (Å²) in [4.78, 5) is 0.451. The first-order chi connectivity index (χ1) is 12.0. The minimum absolute atomic E-state index is 0.112. The Kier molecular flexibility index (Phi) is 5.11. The lowest BCUT2D eigenvalue weighted by Crippen LogP contribution is -2.49. The van der Waals surface area contributed by atoms with Crippen LogP contribution in [0, 0.1) is 0 Å². The predicted molar refractivity (Wildman–Crippen MR) is 102 cm³/mol. The van der Waals surface area contributed by atoms with E-state index in [9.17, 15) is 8.42 Å². The van der Waals surface area contributed by atoms with Gasteiger partial charge in [-0.05, 0) is 37.0 Å². The van der Waals surface area contributed by atoms with Gasteiger partial charge in [-0.25, -0.2) is 8.42 Å². The Morgan fingerprint density at radius 1 is 1.12 bits per heavy atom. The fraction of sp³-hybridized carbons (Fsp3) is 0.333. The Balaban J connectivity index is 2.20. The van der Waals surface area contributed by atoms with Crippen LogP contribution in [-0.2, 0) is 9.84 Å². The van der Waals surface area contributed by atoms with Crippen molar-refractivity contribution >= 4 is 9.84 Å². The van der Waals surface area contributed by atoms with Gasteiger partial charge in [0.25, 0.3) is 0 Å². The highest BCUT2D eigenvalue weighted by Crippen LogP contribution is 2.37. The lowest BCUT2D eigenvalue weighted by atomic mass is 9.89. The predicted octanol–water partition coefficient (Wildman–Crippen LogP) is 4.27. The van der Waals surface area contributed by atoms with E-state index in [1.165, 1.54) is 0 Å². The maximum Gasteiger partial charge on any atom is 0.180 e. The first kappa shape index (κ1) is 17.9. The van der Waals surface area contributed by atoms with E-state index in [2.05, 4.69) is 30.4 Å². The molecule has 2 aromatic rings. The Hall–Kier alpha value is -1.91. The summed E-state index contributed by atoms with van der Waals surface area (Å²) in [6.07, 6.45) is 5.48.